The molecule has 0 amide bonds. The molecule has 3 nitrogen and oxygen atoms in total. The number of nitrogens with zero attached hydrogens (tertiary/aromatic N) is 3. The van der Waals surface area contributed by atoms with Crippen molar-refractivity contribution < 1.29 is 0 Å². The van der Waals surface area contributed by atoms with E-state index in [2.05, 4.69) is 11.1 Å². The summed E-state index contributed by atoms with van der Waals surface area (Å²) in [5.41, 5.74) is 4.61. The van der Waals surface area contributed by atoms with Gasteiger partial charge in [0.25, 0.3) is 0 Å². The van der Waals surface area contributed by atoms with Gasteiger partial charge in [0.2, 0.25) is 0 Å². The molecule has 2 heterocycles. The van der Waals surface area contributed by atoms with Crippen LogP contribution in [-0.2, 0) is 6.54 Å². The van der Waals surface area contributed by atoms with E-state index in [1.807, 2.05) is 48.5 Å². The molecular formula is C17H12ClN3. The summed E-state index contributed by atoms with van der Waals surface area (Å²) in [5, 5.41) is 1.73. The van der Waals surface area contributed by atoms with Crippen LogP contribution in [0.3, 0.4) is 0 Å². The fourth-order valence-electron chi connectivity index (χ4n) is 2.72. The van der Waals surface area contributed by atoms with E-state index in [-0.39, 0.29) is 0 Å². The van der Waals surface area contributed by atoms with Gasteiger partial charge in [0, 0.05) is 17.0 Å². The predicted molar refractivity (Wildman–Crippen MR) is 87.7 cm³/mol. The lowest BCUT2D eigenvalue weighted by molar-refractivity contribution is 0.887. The molecule has 0 fully saturated rings. The van der Waals surface area contributed by atoms with Gasteiger partial charge >= 0.3 is 0 Å². The van der Waals surface area contributed by atoms with Crippen LogP contribution in [0.1, 0.15) is 0 Å². The zero-order valence-electron chi connectivity index (χ0n) is 11.3. The van der Waals surface area contributed by atoms with E-state index in [9.17, 15) is 0 Å². The average Bonchev–Trinajstić information content (AvgIpc) is 2.79. The molecule has 0 radical (unpaired) electrons. The SMILES string of the molecule is C=CCn1c2ccc(Cl)cc2c2nc3ccccc3nc21. The molecule has 0 spiro atoms. The highest BCUT2D eigenvalue weighted by molar-refractivity contribution is 6.31. The molecule has 102 valence electrons. The van der Waals surface area contributed by atoms with Crippen molar-refractivity contribution in [1.29, 1.82) is 0 Å². The molecule has 4 aromatic rings. The Balaban J connectivity index is 2.24. The molecule has 0 saturated carbocycles. The number of hydrogen-bond acceptors (Lipinski definition) is 2. The maximum Gasteiger partial charge on any atom is 0.160 e. The number of allylic oxidation sites excluding steroid dienone is 1. The Morgan fingerprint density at radius 3 is 2.62 bits per heavy atom. The number of fused-ring (bicyclic) bond motifs is 4. The van der Waals surface area contributed by atoms with Crippen molar-refractivity contribution in [2.75, 3.05) is 0 Å². The largest absolute Gasteiger partial charge is 0.320 e. The molecule has 0 aliphatic carbocycles. The molecule has 2 aromatic carbocycles. The normalized spacial score (nSPS) is 11.5. The summed E-state index contributed by atoms with van der Waals surface area (Å²) < 4.78 is 2.12. The summed E-state index contributed by atoms with van der Waals surface area (Å²) in [6.45, 7) is 4.52. The Hall–Kier alpha value is -2.39. The highest BCUT2D eigenvalue weighted by atomic mass is 35.5. The van der Waals surface area contributed by atoms with Crippen LogP contribution in [-0.4, -0.2) is 14.5 Å². The standard InChI is InChI=1S/C17H12ClN3/c1-2-9-21-15-8-7-11(18)10-12(15)16-17(21)20-14-6-4-3-5-13(14)19-16/h2-8,10H,1,9H2. The first-order valence-electron chi connectivity index (χ1n) is 6.73. The minimum absolute atomic E-state index is 0.689. The van der Waals surface area contributed by atoms with Gasteiger partial charge in [-0.2, -0.15) is 0 Å². The van der Waals surface area contributed by atoms with Gasteiger partial charge in [0.05, 0.1) is 16.6 Å². The minimum Gasteiger partial charge on any atom is -0.320 e. The van der Waals surface area contributed by atoms with Gasteiger partial charge in [0.15, 0.2) is 5.65 Å². The second-order valence-corrected chi connectivity index (χ2v) is 5.38. The number of rotatable bonds is 2. The fourth-order valence-corrected chi connectivity index (χ4v) is 2.89. The van der Waals surface area contributed by atoms with Crippen LogP contribution in [0.2, 0.25) is 5.02 Å². The van der Waals surface area contributed by atoms with Crippen LogP contribution < -0.4 is 0 Å². The molecule has 0 aliphatic rings. The molecule has 0 saturated heterocycles. The van der Waals surface area contributed by atoms with E-state index in [4.69, 9.17) is 21.6 Å². The molecule has 0 bridgehead atoms. The first-order chi connectivity index (χ1) is 10.3. The van der Waals surface area contributed by atoms with Gasteiger partial charge in [-0.1, -0.05) is 29.8 Å². The molecule has 0 atom stereocenters. The third-order valence-electron chi connectivity index (χ3n) is 3.62. The van der Waals surface area contributed by atoms with E-state index >= 15 is 0 Å². The van der Waals surface area contributed by atoms with Crippen LogP contribution in [0.5, 0.6) is 0 Å². The summed E-state index contributed by atoms with van der Waals surface area (Å²) in [4.78, 5) is 9.55. The number of aromatic nitrogens is 3. The van der Waals surface area contributed by atoms with Crippen molar-refractivity contribution in [1.82, 2.24) is 14.5 Å². The molecule has 0 unspecified atom stereocenters. The maximum atomic E-state index is 6.15. The topological polar surface area (TPSA) is 30.7 Å². The molecule has 4 heteroatoms. The van der Waals surface area contributed by atoms with E-state index in [1.54, 1.807) is 0 Å². The van der Waals surface area contributed by atoms with E-state index in [1.165, 1.54) is 0 Å². The highest BCUT2D eigenvalue weighted by Gasteiger charge is 2.13. The highest BCUT2D eigenvalue weighted by Crippen LogP contribution is 2.30. The predicted octanol–water partition coefficient (Wildman–Crippen LogP) is 4.58. The zero-order chi connectivity index (χ0) is 14.4. The van der Waals surface area contributed by atoms with Crippen LogP contribution in [0.25, 0.3) is 33.1 Å². The maximum absolute atomic E-state index is 6.15. The number of para-hydroxylation sites is 2. The van der Waals surface area contributed by atoms with Crippen molar-refractivity contribution in [2.24, 2.45) is 0 Å². The summed E-state index contributed by atoms with van der Waals surface area (Å²) in [6, 6.07) is 13.7. The number of hydrogen-bond donors (Lipinski definition) is 0. The first-order valence-corrected chi connectivity index (χ1v) is 7.11. The van der Waals surface area contributed by atoms with E-state index < -0.39 is 0 Å². The molecule has 4 rings (SSSR count). The summed E-state index contributed by atoms with van der Waals surface area (Å²) >= 11 is 6.15. The van der Waals surface area contributed by atoms with Gasteiger partial charge < -0.3 is 4.57 Å². The van der Waals surface area contributed by atoms with Crippen molar-refractivity contribution in [3.8, 4) is 0 Å². The second-order valence-electron chi connectivity index (χ2n) is 4.95. The van der Waals surface area contributed by atoms with Gasteiger partial charge in [-0.3, -0.25) is 0 Å². The van der Waals surface area contributed by atoms with Crippen LogP contribution in [0.4, 0.5) is 0 Å². The Morgan fingerprint density at radius 2 is 1.86 bits per heavy atom. The van der Waals surface area contributed by atoms with Gasteiger partial charge in [-0.25, -0.2) is 9.97 Å². The van der Waals surface area contributed by atoms with Crippen LogP contribution >= 0.6 is 11.6 Å². The van der Waals surface area contributed by atoms with Crippen molar-refractivity contribution >= 4 is 44.7 Å². The Labute approximate surface area is 126 Å². The lowest BCUT2D eigenvalue weighted by atomic mass is 10.2. The smallest absolute Gasteiger partial charge is 0.160 e. The van der Waals surface area contributed by atoms with Gasteiger partial charge in [0.1, 0.15) is 5.52 Å². The lowest BCUT2D eigenvalue weighted by Gasteiger charge is -2.03. The summed E-state index contributed by atoms with van der Waals surface area (Å²) in [6.07, 6.45) is 1.87. The molecule has 0 N–H and O–H groups in total. The fraction of sp³-hybridized carbons (Fsp3) is 0.0588. The third-order valence-corrected chi connectivity index (χ3v) is 3.86. The van der Waals surface area contributed by atoms with Crippen molar-refractivity contribution in [3.05, 3.63) is 60.1 Å². The molecule has 21 heavy (non-hydrogen) atoms. The van der Waals surface area contributed by atoms with E-state index in [0.717, 1.165) is 33.1 Å². The minimum atomic E-state index is 0.689. The zero-order valence-corrected chi connectivity index (χ0v) is 12.0. The van der Waals surface area contributed by atoms with Crippen molar-refractivity contribution in [3.63, 3.8) is 0 Å². The number of halogens is 1. The van der Waals surface area contributed by atoms with Gasteiger partial charge in [-0.05, 0) is 30.3 Å². The molecule has 2 aromatic heterocycles. The lowest BCUT2D eigenvalue weighted by Crippen LogP contribution is -1.96. The summed E-state index contributed by atoms with van der Waals surface area (Å²) in [7, 11) is 0. The van der Waals surface area contributed by atoms with E-state index in [0.29, 0.717) is 11.6 Å². The van der Waals surface area contributed by atoms with Gasteiger partial charge in [-0.15, -0.1) is 6.58 Å². The Bertz CT molecular complexity index is 1000. The van der Waals surface area contributed by atoms with Crippen LogP contribution in [0, 0.1) is 0 Å². The molecule has 0 aliphatic heterocycles. The average molecular weight is 294 g/mol. The monoisotopic (exact) mass is 293 g/mol. The Morgan fingerprint density at radius 1 is 1.10 bits per heavy atom. The van der Waals surface area contributed by atoms with Crippen LogP contribution in [0.15, 0.2) is 55.1 Å². The Kier molecular flexibility index (Phi) is 2.69. The molecular weight excluding hydrogens is 282 g/mol. The quantitative estimate of drug-likeness (QED) is 0.507. The van der Waals surface area contributed by atoms with Crippen molar-refractivity contribution in [2.45, 2.75) is 6.54 Å². The summed E-state index contributed by atoms with van der Waals surface area (Å²) in [5.74, 6) is 0. The second kappa shape index (κ2) is 4.57. The number of benzene rings is 2. The third kappa shape index (κ3) is 1.82. The first kappa shape index (κ1) is 12.4.